The molecule has 0 spiro atoms. The molecule has 4 aromatic carbocycles. The van der Waals surface area contributed by atoms with Gasteiger partial charge in [-0.15, -0.1) is 0 Å². The molecule has 0 saturated carbocycles. The molecule has 0 bridgehead atoms. The Labute approximate surface area is 221 Å². The zero-order valence-corrected chi connectivity index (χ0v) is 21.2. The predicted octanol–water partition coefficient (Wildman–Crippen LogP) is 6.52. The minimum absolute atomic E-state index is 0.213. The van der Waals surface area contributed by atoms with Crippen molar-refractivity contribution in [3.8, 4) is 22.6 Å². The lowest BCUT2D eigenvalue weighted by Crippen LogP contribution is -2.24. The van der Waals surface area contributed by atoms with E-state index in [0.29, 0.717) is 11.3 Å². The van der Waals surface area contributed by atoms with Crippen LogP contribution in [0.4, 0.5) is 0 Å². The third kappa shape index (κ3) is 6.81. The van der Waals surface area contributed by atoms with Crippen molar-refractivity contribution in [3.05, 3.63) is 118 Å². The highest BCUT2D eigenvalue weighted by Crippen LogP contribution is 2.25. The number of hydrazone groups is 1. The van der Waals surface area contributed by atoms with E-state index >= 15 is 0 Å². The van der Waals surface area contributed by atoms with Gasteiger partial charge >= 0.3 is 5.97 Å². The first-order valence-electron chi connectivity index (χ1n) is 10.9. The summed E-state index contributed by atoms with van der Waals surface area (Å²) in [5.41, 5.74) is 5.28. The largest absolute Gasteiger partial charge is 0.484 e. The van der Waals surface area contributed by atoms with E-state index in [1.807, 2.05) is 42.5 Å². The van der Waals surface area contributed by atoms with Crippen LogP contribution >= 0.6 is 27.5 Å². The number of esters is 1. The molecule has 0 aromatic heterocycles. The zero-order chi connectivity index (χ0) is 25.3. The molecule has 0 aliphatic carbocycles. The van der Waals surface area contributed by atoms with Crippen molar-refractivity contribution in [1.82, 2.24) is 5.43 Å². The summed E-state index contributed by atoms with van der Waals surface area (Å²) in [6.07, 6.45) is 1.38. The summed E-state index contributed by atoms with van der Waals surface area (Å²) >= 11 is 9.46. The molecule has 0 aliphatic heterocycles. The SMILES string of the molecule is O=C(COc1ccc(-c2ccccc2)cc1)N/N=C\c1cc(Br)ccc1OC(=O)c1ccccc1Cl. The number of nitrogens with one attached hydrogen (secondary N) is 1. The number of halogens is 2. The van der Waals surface area contributed by atoms with Crippen molar-refractivity contribution in [2.45, 2.75) is 0 Å². The first-order chi connectivity index (χ1) is 17.5. The highest BCUT2D eigenvalue weighted by molar-refractivity contribution is 9.10. The normalized spacial score (nSPS) is 10.7. The van der Waals surface area contributed by atoms with Gasteiger partial charge in [-0.25, -0.2) is 10.2 Å². The van der Waals surface area contributed by atoms with Crippen molar-refractivity contribution in [3.63, 3.8) is 0 Å². The summed E-state index contributed by atoms with van der Waals surface area (Å²) in [5.74, 6) is -0.221. The molecule has 1 amide bonds. The minimum Gasteiger partial charge on any atom is -0.484 e. The van der Waals surface area contributed by atoms with Crippen LogP contribution in [0.5, 0.6) is 11.5 Å². The van der Waals surface area contributed by atoms with E-state index in [2.05, 4.69) is 26.5 Å². The molecular formula is C28H20BrClN2O4. The van der Waals surface area contributed by atoms with Crippen LogP contribution in [0.3, 0.4) is 0 Å². The quantitative estimate of drug-likeness (QED) is 0.115. The number of rotatable bonds is 8. The molecule has 0 radical (unpaired) electrons. The van der Waals surface area contributed by atoms with Crippen LogP contribution in [0.15, 0.2) is 107 Å². The molecule has 0 saturated heterocycles. The number of hydrogen-bond donors (Lipinski definition) is 1. The molecule has 0 unspecified atom stereocenters. The van der Waals surface area contributed by atoms with Gasteiger partial charge in [0.15, 0.2) is 6.61 Å². The van der Waals surface area contributed by atoms with Crippen LogP contribution in [0.1, 0.15) is 15.9 Å². The van der Waals surface area contributed by atoms with Gasteiger partial charge in [-0.2, -0.15) is 5.10 Å². The number of benzene rings is 4. The van der Waals surface area contributed by atoms with Gasteiger partial charge in [0.25, 0.3) is 5.91 Å². The Kier molecular flexibility index (Phi) is 8.49. The van der Waals surface area contributed by atoms with E-state index in [1.54, 1.807) is 54.6 Å². The topological polar surface area (TPSA) is 77.0 Å². The van der Waals surface area contributed by atoms with Gasteiger partial charge in [-0.3, -0.25) is 4.79 Å². The Morgan fingerprint density at radius 1 is 0.889 bits per heavy atom. The summed E-state index contributed by atoms with van der Waals surface area (Å²) in [5, 5.41) is 4.25. The molecule has 4 aromatic rings. The highest BCUT2D eigenvalue weighted by Gasteiger charge is 2.14. The average molecular weight is 564 g/mol. The molecular weight excluding hydrogens is 544 g/mol. The summed E-state index contributed by atoms with van der Waals surface area (Å²) in [4.78, 5) is 24.7. The number of ether oxygens (including phenoxy) is 2. The second kappa shape index (κ2) is 12.2. The molecule has 0 fully saturated rings. The first kappa shape index (κ1) is 25.2. The number of nitrogens with zero attached hydrogens (tertiary/aromatic N) is 1. The van der Waals surface area contributed by atoms with E-state index in [1.165, 1.54) is 6.21 Å². The van der Waals surface area contributed by atoms with Crippen molar-refractivity contribution < 1.29 is 19.1 Å². The molecule has 0 atom stereocenters. The Hall–Kier alpha value is -3.94. The summed E-state index contributed by atoms with van der Waals surface area (Å²) < 4.78 is 11.8. The van der Waals surface area contributed by atoms with E-state index in [4.69, 9.17) is 21.1 Å². The fourth-order valence-corrected chi connectivity index (χ4v) is 3.82. The maximum atomic E-state index is 12.5. The molecule has 180 valence electrons. The monoisotopic (exact) mass is 562 g/mol. The third-order valence-corrected chi connectivity index (χ3v) is 5.82. The number of carbonyl (C=O) groups excluding carboxylic acids is 2. The molecule has 8 heteroatoms. The van der Waals surface area contributed by atoms with Gasteiger partial charge < -0.3 is 9.47 Å². The second-order valence-corrected chi connectivity index (χ2v) is 8.85. The third-order valence-electron chi connectivity index (χ3n) is 4.99. The molecule has 4 rings (SSSR count). The second-order valence-electron chi connectivity index (χ2n) is 7.52. The maximum absolute atomic E-state index is 12.5. The van der Waals surface area contributed by atoms with Crippen molar-refractivity contribution >= 4 is 45.6 Å². The Balaban J connectivity index is 1.33. The summed E-state index contributed by atoms with van der Waals surface area (Å²) in [6, 6.07) is 29.1. The van der Waals surface area contributed by atoms with Crippen molar-refractivity contribution in [1.29, 1.82) is 0 Å². The minimum atomic E-state index is -0.603. The Morgan fingerprint density at radius 2 is 1.58 bits per heavy atom. The fourth-order valence-electron chi connectivity index (χ4n) is 3.22. The van der Waals surface area contributed by atoms with Gasteiger partial charge in [0, 0.05) is 10.0 Å². The maximum Gasteiger partial charge on any atom is 0.345 e. The Bertz CT molecular complexity index is 1390. The smallest absolute Gasteiger partial charge is 0.345 e. The zero-order valence-electron chi connectivity index (χ0n) is 18.9. The standard InChI is InChI=1S/C28H20BrClN2O4/c29-22-12-15-26(36-28(34)24-8-4-5-9-25(24)30)21(16-22)17-31-32-27(33)18-35-23-13-10-20(11-14-23)19-6-2-1-3-7-19/h1-17H,18H2,(H,32,33)/b31-17-. The first-order valence-corrected chi connectivity index (χ1v) is 12.0. The van der Waals surface area contributed by atoms with Crippen LogP contribution in [0.2, 0.25) is 5.02 Å². The van der Waals surface area contributed by atoms with E-state index in [-0.39, 0.29) is 22.9 Å². The number of carbonyl (C=O) groups is 2. The van der Waals surface area contributed by atoms with Crippen LogP contribution in [-0.4, -0.2) is 24.7 Å². The molecule has 36 heavy (non-hydrogen) atoms. The Morgan fingerprint density at radius 3 is 2.33 bits per heavy atom. The van der Waals surface area contributed by atoms with Gasteiger partial charge in [0.05, 0.1) is 16.8 Å². The fraction of sp³-hybridized carbons (Fsp3) is 0.0357. The van der Waals surface area contributed by atoms with Crippen LogP contribution in [0.25, 0.3) is 11.1 Å². The lowest BCUT2D eigenvalue weighted by atomic mass is 10.1. The average Bonchev–Trinajstić information content (AvgIpc) is 2.90. The van der Waals surface area contributed by atoms with Gasteiger partial charge in [-0.05, 0) is 53.6 Å². The van der Waals surface area contributed by atoms with Crippen LogP contribution in [-0.2, 0) is 4.79 Å². The van der Waals surface area contributed by atoms with Gasteiger partial charge in [-0.1, -0.05) is 82.1 Å². The van der Waals surface area contributed by atoms with Gasteiger partial charge in [0.2, 0.25) is 0 Å². The molecule has 6 nitrogen and oxygen atoms in total. The molecule has 1 N–H and O–H groups in total. The van der Waals surface area contributed by atoms with Crippen LogP contribution in [0, 0.1) is 0 Å². The molecule has 0 heterocycles. The van der Waals surface area contributed by atoms with E-state index in [0.717, 1.165) is 15.6 Å². The van der Waals surface area contributed by atoms with Crippen molar-refractivity contribution in [2.24, 2.45) is 5.10 Å². The van der Waals surface area contributed by atoms with E-state index in [9.17, 15) is 9.59 Å². The number of hydrogen-bond acceptors (Lipinski definition) is 5. The lowest BCUT2D eigenvalue weighted by molar-refractivity contribution is -0.123. The van der Waals surface area contributed by atoms with E-state index < -0.39 is 11.9 Å². The summed E-state index contributed by atoms with van der Waals surface area (Å²) in [7, 11) is 0. The highest BCUT2D eigenvalue weighted by atomic mass is 79.9. The summed E-state index contributed by atoms with van der Waals surface area (Å²) in [6.45, 7) is -0.213. The van der Waals surface area contributed by atoms with Crippen molar-refractivity contribution in [2.75, 3.05) is 6.61 Å². The molecule has 0 aliphatic rings. The van der Waals surface area contributed by atoms with Crippen LogP contribution < -0.4 is 14.9 Å². The van der Waals surface area contributed by atoms with Gasteiger partial charge in [0.1, 0.15) is 11.5 Å². The lowest BCUT2D eigenvalue weighted by Gasteiger charge is -2.09. The predicted molar refractivity (Wildman–Crippen MR) is 144 cm³/mol. The number of amides is 1.